The molecule has 0 fully saturated rings. The zero-order valence-electron chi connectivity index (χ0n) is 37.8. The van der Waals surface area contributed by atoms with Crippen molar-refractivity contribution in [3.8, 4) is 0 Å². The van der Waals surface area contributed by atoms with E-state index < -0.39 is 6.10 Å². The Kier molecular flexibility index (Phi) is 45.5. The fourth-order valence-corrected chi connectivity index (χ4v) is 6.14. The van der Waals surface area contributed by atoms with Gasteiger partial charge in [0.05, 0.1) is 6.61 Å². The van der Waals surface area contributed by atoms with E-state index >= 15 is 0 Å². The summed E-state index contributed by atoms with van der Waals surface area (Å²) in [5, 5.41) is 0. The number of esters is 2. The average molecular weight is 805 g/mol. The van der Waals surface area contributed by atoms with Gasteiger partial charge in [-0.05, 0) is 96.3 Å². The Balaban J connectivity index is 4.30. The van der Waals surface area contributed by atoms with Gasteiger partial charge in [-0.15, -0.1) is 0 Å². The van der Waals surface area contributed by atoms with Crippen LogP contribution in [-0.4, -0.2) is 37.9 Å². The van der Waals surface area contributed by atoms with Crippen LogP contribution in [0.25, 0.3) is 0 Å². The number of carbonyl (C=O) groups excluding carboxylic acids is 2. The fourth-order valence-electron chi connectivity index (χ4n) is 6.14. The molecule has 0 aromatic rings. The van der Waals surface area contributed by atoms with Crippen molar-refractivity contribution >= 4 is 11.9 Å². The van der Waals surface area contributed by atoms with Gasteiger partial charge in [0.15, 0.2) is 6.10 Å². The van der Waals surface area contributed by atoms with Gasteiger partial charge in [0.2, 0.25) is 0 Å². The number of rotatable bonds is 42. The van der Waals surface area contributed by atoms with Gasteiger partial charge in [-0.25, -0.2) is 0 Å². The summed E-state index contributed by atoms with van der Waals surface area (Å²) in [7, 11) is 0. The monoisotopic (exact) mass is 805 g/mol. The average Bonchev–Trinajstić information content (AvgIpc) is 3.22. The van der Waals surface area contributed by atoms with E-state index in [9.17, 15) is 9.59 Å². The zero-order valence-corrected chi connectivity index (χ0v) is 37.8. The third-order valence-electron chi connectivity index (χ3n) is 9.62. The summed E-state index contributed by atoms with van der Waals surface area (Å²) in [6, 6.07) is 0. The third kappa shape index (κ3) is 45.5. The van der Waals surface area contributed by atoms with Crippen LogP contribution >= 0.6 is 0 Å². The summed E-state index contributed by atoms with van der Waals surface area (Å²) >= 11 is 0. The van der Waals surface area contributed by atoms with Crippen LogP contribution in [0.4, 0.5) is 0 Å². The standard InChI is InChI=1S/C53H88O5/c1-4-7-10-13-16-19-21-23-24-25-26-27-28-29-31-33-36-39-42-45-48-56-49-51(58-53(55)47-44-41-38-34-18-15-12-9-6-3)50-57-52(54)46-43-40-37-35-32-30-22-20-17-14-11-8-5-2/h7-8,10-11,16-17,19-20,23-24,26-27,29-32,51H,4-6,9,12-15,18,21-22,25,28,33-50H2,1-3H3/b10-7-,11-8-,19-16-,20-17-,24-23-,27-26-,31-29-,32-30-. The molecule has 0 radical (unpaired) electrons. The lowest BCUT2D eigenvalue weighted by molar-refractivity contribution is -0.163. The number of ether oxygens (including phenoxy) is 3. The van der Waals surface area contributed by atoms with E-state index in [1.807, 2.05) is 0 Å². The molecular formula is C53H88O5. The summed E-state index contributed by atoms with van der Waals surface area (Å²) in [5.41, 5.74) is 0. The van der Waals surface area contributed by atoms with E-state index in [-0.39, 0.29) is 25.2 Å². The lowest BCUT2D eigenvalue weighted by Crippen LogP contribution is -2.30. The summed E-state index contributed by atoms with van der Waals surface area (Å²) < 4.78 is 17.3. The number of hydrogen-bond acceptors (Lipinski definition) is 5. The van der Waals surface area contributed by atoms with Crippen LogP contribution in [-0.2, 0) is 23.8 Å². The molecule has 0 spiro atoms. The van der Waals surface area contributed by atoms with Gasteiger partial charge in [0.25, 0.3) is 0 Å². The maximum absolute atomic E-state index is 12.7. The molecule has 0 aliphatic rings. The molecule has 0 aliphatic heterocycles. The van der Waals surface area contributed by atoms with E-state index in [4.69, 9.17) is 14.2 Å². The van der Waals surface area contributed by atoms with Gasteiger partial charge in [-0.2, -0.15) is 0 Å². The quantitative estimate of drug-likeness (QED) is 0.0349. The molecule has 5 heteroatoms. The molecule has 0 saturated heterocycles. The van der Waals surface area contributed by atoms with Crippen LogP contribution in [0.2, 0.25) is 0 Å². The topological polar surface area (TPSA) is 61.8 Å². The SMILES string of the molecule is CC/C=C\C/C=C\C/C=C\C/C=C\C/C=C\CCCCCCOCC(COC(=O)CCCCC/C=C\C/C=C\C/C=C\CC)OC(=O)CCCCCCCCCCC. The first-order valence-electron chi connectivity index (χ1n) is 23.8. The Labute approximate surface area is 358 Å². The molecule has 0 saturated carbocycles. The van der Waals surface area contributed by atoms with Gasteiger partial charge < -0.3 is 14.2 Å². The Morgan fingerprint density at radius 1 is 0.397 bits per heavy atom. The zero-order chi connectivity index (χ0) is 42.1. The number of hydrogen-bond donors (Lipinski definition) is 0. The predicted octanol–water partition coefficient (Wildman–Crippen LogP) is 15.9. The molecule has 0 aliphatic carbocycles. The van der Waals surface area contributed by atoms with Crippen LogP contribution < -0.4 is 0 Å². The molecule has 58 heavy (non-hydrogen) atoms. The van der Waals surface area contributed by atoms with Crippen molar-refractivity contribution in [1.82, 2.24) is 0 Å². The summed E-state index contributed by atoms with van der Waals surface area (Å²) in [5.74, 6) is -0.454. The van der Waals surface area contributed by atoms with Crippen molar-refractivity contribution in [3.05, 3.63) is 97.2 Å². The van der Waals surface area contributed by atoms with Crippen LogP contribution in [0.5, 0.6) is 0 Å². The highest BCUT2D eigenvalue weighted by atomic mass is 16.6. The Morgan fingerprint density at radius 3 is 1.26 bits per heavy atom. The van der Waals surface area contributed by atoms with Gasteiger partial charge in [0, 0.05) is 19.4 Å². The number of carbonyl (C=O) groups is 2. The fraction of sp³-hybridized carbons (Fsp3) is 0.660. The minimum absolute atomic E-state index is 0.0556. The smallest absolute Gasteiger partial charge is 0.306 e. The minimum Gasteiger partial charge on any atom is -0.462 e. The third-order valence-corrected chi connectivity index (χ3v) is 9.62. The molecule has 0 rings (SSSR count). The molecule has 1 atom stereocenters. The highest BCUT2D eigenvalue weighted by molar-refractivity contribution is 5.70. The second-order valence-corrected chi connectivity index (χ2v) is 15.3. The molecule has 1 unspecified atom stereocenters. The van der Waals surface area contributed by atoms with E-state index in [0.717, 1.165) is 122 Å². The largest absolute Gasteiger partial charge is 0.462 e. The molecule has 5 nitrogen and oxygen atoms in total. The maximum atomic E-state index is 12.7. The Morgan fingerprint density at radius 2 is 0.776 bits per heavy atom. The highest BCUT2D eigenvalue weighted by Gasteiger charge is 2.17. The van der Waals surface area contributed by atoms with Crippen LogP contribution in [0, 0.1) is 0 Å². The van der Waals surface area contributed by atoms with E-state index in [2.05, 4.69) is 118 Å². The first-order chi connectivity index (χ1) is 28.6. The van der Waals surface area contributed by atoms with E-state index in [1.165, 1.54) is 44.9 Å². The van der Waals surface area contributed by atoms with Crippen LogP contribution in [0.3, 0.4) is 0 Å². The Bertz CT molecular complexity index is 1140. The summed E-state index contributed by atoms with van der Waals surface area (Å²) in [4.78, 5) is 25.2. The highest BCUT2D eigenvalue weighted by Crippen LogP contribution is 2.12. The maximum Gasteiger partial charge on any atom is 0.306 e. The van der Waals surface area contributed by atoms with E-state index in [0.29, 0.717) is 19.4 Å². The van der Waals surface area contributed by atoms with Crippen molar-refractivity contribution in [2.75, 3.05) is 19.8 Å². The first-order valence-corrected chi connectivity index (χ1v) is 23.8. The molecule has 0 bridgehead atoms. The molecular weight excluding hydrogens is 717 g/mol. The molecule has 0 N–H and O–H groups in total. The van der Waals surface area contributed by atoms with E-state index in [1.54, 1.807) is 0 Å². The molecule has 0 aromatic heterocycles. The number of allylic oxidation sites excluding steroid dienone is 16. The molecule has 0 heterocycles. The lowest BCUT2D eigenvalue weighted by atomic mass is 10.1. The van der Waals surface area contributed by atoms with Crippen molar-refractivity contribution in [2.24, 2.45) is 0 Å². The molecule has 330 valence electrons. The summed E-state index contributed by atoms with van der Waals surface area (Å²) in [6.45, 7) is 7.48. The van der Waals surface area contributed by atoms with Gasteiger partial charge in [0.1, 0.15) is 6.61 Å². The number of unbranched alkanes of at least 4 members (excludes halogenated alkanes) is 15. The second-order valence-electron chi connectivity index (χ2n) is 15.3. The van der Waals surface area contributed by atoms with Crippen molar-refractivity contribution in [1.29, 1.82) is 0 Å². The summed E-state index contributed by atoms with van der Waals surface area (Å²) in [6.07, 6.45) is 64.2. The van der Waals surface area contributed by atoms with Crippen LogP contribution in [0.15, 0.2) is 97.2 Å². The minimum atomic E-state index is -0.563. The second kappa shape index (κ2) is 48.2. The van der Waals surface area contributed by atoms with Crippen molar-refractivity contribution < 1.29 is 23.8 Å². The van der Waals surface area contributed by atoms with Crippen LogP contribution in [0.1, 0.15) is 201 Å². The van der Waals surface area contributed by atoms with Gasteiger partial charge >= 0.3 is 11.9 Å². The molecule has 0 aromatic carbocycles. The molecule has 0 amide bonds. The van der Waals surface area contributed by atoms with Gasteiger partial charge in [-0.3, -0.25) is 9.59 Å². The van der Waals surface area contributed by atoms with Gasteiger partial charge in [-0.1, -0.05) is 189 Å². The first kappa shape index (κ1) is 54.8. The van der Waals surface area contributed by atoms with Crippen molar-refractivity contribution in [2.45, 2.75) is 207 Å². The predicted molar refractivity (Wildman–Crippen MR) is 251 cm³/mol. The lowest BCUT2D eigenvalue weighted by Gasteiger charge is -2.18. The Hall–Kier alpha value is -3.18. The van der Waals surface area contributed by atoms with Crippen molar-refractivity contribution in [3.63, 3.8) is 0 Å². The normalized spacial score (nSPS) is 13.1.